The van der Waals surface area contributed by atoms with Crippen molar-refractivity contribution in [2.45, 2.75) is 13.2 Å². The standard InChI is InChI=1S/C18H11BrClN3O4/c19-10-1-6-14-13(7-10)17(24)18(25)23(14)8-15-21-22-16(27-15)9-26-12-4-2-11(20)3-5-12/h1-7H,8-9H2. The SMILES string of the molecule is O=C1C(=O)N(Cc2nnc(COc3ccc(Cl)cc3)o2)c2ccc(Br)cc21. The average Bonchev–Trinajstić information content (AvgIpc) is 3.20. The van der Waals surface area contributed by atoms with Gasteiger partial charge in [-0.25, -0.2) is 0 Å². The summed E-state index contributed by atoms with van der Waals surface area (Å²) in [5.74, 6) is -0.105. The number of hydrogen-bond acceptors (Lipinski definition) is 6. The van der Waals surface area contributed by atoms with Gasteiger partial charge >= 0.3 is 0 Å². The van der Waals surface area contributed by atoms with Crippen molar-refractivity contribution >= 4 is 44.9 Å². The smallest absolute Gasteiger partial charge is 0.299 e. The molecule has 0 spiro atoms. The molecule has 9 heteroatoms. The van der Waals surface area contributed by atoms with Crippen molar-refractivity contribution in [1.29, 1.82) is 0 Å². The van der Waals surface area contributed by atoms with Crippen LogP contribution in [-0.4, -0.2) is 21.9 Å². The number of anilines is 1. The first-order valence-corrected chi connectivity index (χ1v) is 9.04. The molecule has 0 saturated heterocycles. The molecular weight excluding hydrogens is 438 g/mol. The Morgan fingerprint density at radius 3 is 2.59 bits per heavy atom. The number of ether oxygens (including phenoxy) is 1. The molecule has 3 aromatic rings. The van der Waals surface area contributed by atoms with Gasteiger partial charge in [0.25, 0.3) is 17.6 Å². The number of halogens is 2. The van der Waals surface area contributed by atoms with Crippen LogP contribution in [0.3, 0.4) is 0 Å². The number of hydrogen-bond donors (Lipinski definition) is 0. The zero-order valence-corrected chi connectivity index (χ0v) is 16.0. The van der Waals surface area contributed by atoms with Crippen molar-refractivity contribution in [1.82, 2.24) is 10.2 Å². The largest absolute Gasteiger partial charge is 0.484 e. The van der Waals surface area contributed by atoms with E-state index in [1.807, 2.05) is 0 Å². The molecule has 136 valence electrons. The van der Waals surface area contributed by atoms with Crippen LogP contribution in [0.5, 0.6) is 5.75 Å². The number of Topliss-reactive ketones (excluding diaryl/α,β-unsaturated/α-hetero) is 1. The number of rotatable bonds is 5. The zero-order chi connectivity index (χ0) is 19.0. The second-order valence-electron chi connectivity index (χ2n) is 5.71. The van der Waals surface area contributed by atoms with Gasteiger partial charge in [-0.05, 0) is 42.5 Å². The number of benzene rings is 2. The van der Waals surface area contributed by atoms with Crippen LogP contribution in [0.15, 0.2) is 51.4 Å². The van der Waals surface area contributed by atoms with Crippen LogP contribution in [0, 0.1) is 0 Å². The van der Waals surface area contributed by atoms with Gasteiger partial charge < -0.3 is 9.15 Å². The van der Waals surface area contributed by atoms with Crippen molar-refractivity contribution in [3.63, 3.8) is 0 Å². The van der Waals surface area contributed by atoms with Crippen LogP contribution < -0.4 is 9.64 Å². The summed E-state index contributed by atoms with van der Waals surface area (Å²) in [6, 6.07) is 11.9. The number of fused-ring (bicyclic) bond motifs is 1. The van der Waals surface area contributed by atoms with E-state index in [0.717, 1.165) is 4.47 Å². The predicted octanol–water partition coefficient (Wildman–Crippen LogP) is 3.79. The van der Waals surface area contributed by atoms with E-state index in [2.05, 4.69) is 26.1 Å². The molecule has 2 aromatic carbocycles. The molecule has 0 saturated carbocycles. The maximum Gasteiger partial charge on any atom is 0.299 e. The third-order valence-electron chi connectivity index (χ3n) is 3.91. The second-order valence-corrected chi connectivity index (χ2v) is 7.07. The lowest BCUT2D eigenvalue weighted by Gasteiger charge is -2.13. The van der Waals surface area contributed by atoms with Crippen molar-refractivity contribution in [2.75, 3.05) is 4.90 Å². The molecule has 2 heterocycles. The lowest BCUT2D eigenvalue weighted by atomic mass is 10.1. The Bertz CT molecular complexity index is 1040. The fourth-order valence-electron chi connectivity index (χ4n) is 2.65. The van der Waals surface area contributed by atoms with Gasteiger partial charge in [0.15, 0.2) is 6.61 Å². The van der Waals surface area contributed by atoms with Crippen LogP contribution in [0.4, 0.5) is 5.69 Å². The molecule has 0 atom stereocenters. The van der Waals surface area contributed by atoms with Gasteiger partial charge in [0.2, 0.25) is 5.89 Å². The van der Waals surface area contributed by atoms with Gasteiger partial charge in [-0.2, -0.15) is 0 Å². The molecule has 0 bridgehead atoms. The van der Waals surface area contributed by atoms with E-state index in [-0.39, 0.29) is 24.9 Å². The summed E-state index contributed by atoms with van der Waals surface area (Å²) < 4.78 is 11.8. The first-order chi connectivity index (χ1) is 13.0. The quantitative estimate of drug-likeness (QED) is 0.552. The van der Waals surface area contributed by atoms with Gasteiger partial charge in [-0.3, -0.25) is 14.5 Å². The Morgan fingerprint density at radius 1 is 1.07 bits per heavy atom. The summed E-state index contributed by atoms with van der Waals surface area (Å²) in [4.78, 5) is 25.7. The molecule has 1 aliphatic rings. The van der Waals surface area contributed by atoms with Crippen molar-refractivity contribution < 1.29 is 18.7 Å². The molecule has 0 N–H and O–H groups in total. The molecule has 0 aliphatic carbocycles. The van der Waals surface area contributed by atoms with E-state index in [9.17, 15) is 9.59 Å². The fraction of sp³-hybridized carbons (Fsp3) is 0.111. The van der Waals surface area contributed by atoms with Crippen molar-refractivity contribution in [2.24, 2.45) is 0 Å². The van der Waals surface area contributed by atoms with Crippen molar-refractivity contribution in [3.8, 4) is 5.75 Å². The number of amides is 1. The minimum atomic E-state index is -0.625. The summed E-state index contributed by atoms with van der Waals surface area (Å²) in [6.45, 7) is 0.0815. The molecule has 0 fully saturated rings. The van der Waals surface area contributed by atoms with Crippen LogP contribution in [0.1, 0.15) is 22.1 Å². The van der Waals surface area contributed by atoms with Crippen LogP contribution in [0.2, 0.25) is 5.02 Å². The number of carbonyl (C=O) groups is 2. The minimum Gasteiger partial charge on any atom is -0.484 e. The Labute approximate surface area is 167 Å². The predicted molar refractivity (Wildman–Crippen MR) is 99.7 cm³/mol. The Kier molecular flexibility index (Phi) is 4.67. The topological polar surface area (TPSA) is 85.5 Å². The first-order valence-electron chi connectivity index (χ1n) is 7.86. The lowest BCUT2D eigenvalue weighted by Crippen LogP contribution is -2.29. The average molecular weight is 449 g/mol. The van der Waals surface area contributed by atoms with E-state index in [0.29, 0.717) is 22.0 Å². The summed E-state index contributed by atoms with van der Waals surface area (Å²) >= 11 is 9.12. The summed E-state index contributed by atoms with van der Waals surface area (Å²) in [6.07, 6.45) is 0. The van der Waals surface area contributed by atoms with Gasteiger partial charge in [-0.1, -0.05) is 27.5 Å². The maximum atomic E-state index is 12.3. The number of carbonyl (C=O) groups excluding carboxylic acids is 2. The number of ketones is 1. The molecular formula is C18H11BrClN3O4. The van der Waals surface area contributed by atoms with Gasteiger partial charge in [0, 0.05) is 9.50 Å². The van der Waals surface area contributed by atoms with E-state index in [1.165, 1.54) is 4.90 Å². The van der Waals surface area contributed by atoms with Crippen LogP contribution in [0.25, 0.3) is 0 Å². The highest BCUT2D eigenvalue weighted by atomic mass is 79.9. The molecule has 7 nitrogen and oxygen atoms in total. The fourth-order valence-corrected chi connectivity index (χ4v) is 3.14. The number of nitrogens with zero attached hydrogens (tertiary/aromatic N) is 3. The lowest BCUT2D eigenvalue weighted by molar-refractivity contribution is -0.114. The Morgan fingerprint density at radius 2 is 1.81 bits per heavy atom. The maximum absolute atomic E-state index is 12.3. The molecule has 1 amide bonds. The van der Waals surface area contributed by atoms with Gasteiger partial charge in [0.1, 0.15) is 12.3 Å². The van der Waals surface area contributed by atoms with E-state index in [4.69, 9.17) is 20.8 Å². The highest BCUT2D eigenvalue weighted by molar-refractivity contribution is 9.10. The number of aromatic nitrogens is 2. The highest BCUT2D eigenvalue weighted by Gasteiger charge is 2.36. The molecule has 0 unspecified atom stereocenters. The highest BCUT2D eigenvalue weighted by Crippen LogP contribution is 2.32. The zero-order valence-electron chi connectivity index (χ0n) is 13.7. The Balaban J connectivity index is 1.46. The van der Waals surface area contributed by atoms with Crippen LogP contribution in [-0.2, 0) is 17.9 Å². The van der Waals surface area contributed by atoms with E-state index >= 15 is 0 Å². The van der Waals surface area contributed by atoms with E-state index < -0.39 is 11.7 Å². The summed E-state index contributed by atoms with van der Waals surface area (Å²) in [5, 5.41) is 8.44. The summed E-state index contributed by atoms with van der Waals surface area (Å²) in [7, 11) is 0. The minimum absolute atomic E-state index is 0.00709. The molecule has 1 aromatic heterocycles. The molecule has 27 heavy (non-hydrogen) atoms. The normalized spacial score (nSPS) is 13.2. The van der Waals surface area contributed by atoms with Crippen molar-refractivity contribution in [3.05, 3.63) is 69.3 Å². The van der Waals surface area contributed by atoms with Gasteiger partial charge in [-0.15, -0.1) is 10.2 Å². The third-order valence-corrected chi connectivity index (χ3v) is 4.66. The van der Waals surface area contributed by atoms with Gasteiger partial charge in [0.05, 0.1) is 11.3 Å². The monoisotopic (exact) mass is 447 g/mol. The Hall–Kier alpha value is -2.71. The molecule has 1 aliphatic heterocycles. The molecule has 4 rings (SSSR count). The third kappa shape index (κ3) is 3.58. The second kappa shape index (κ2) is 7.13. The summed E-state index contributed by atoms with van der Waals surface area (Å²) in [5.41, 5.74) is 0.866. The van der Waals surface area contributed by atoms with E-state index in [1.54, 1.807) is 42.5 Å². The first kappa shape index (κ1) is 17.7. The molecule has 0 radical (unpaired) electrons. The van der Waals surface area contributed by atoms with Crippen LogP contribution >= 0.6 is 27.5 Å².